The zero-order chi connectivity index (χ0) is 8.39. The first-order valence-electron chi connectivity index (χ1n) is 4.08. The molecule has 1 aromatic carbocycles. The summed E-state index contributed by atoms with van der Waals surface area (Å²) in [7, 11) is 0. The van der Waals surface area contributed by atoms with Crippen LogP contribution in [0.15, 0.2) is 24.3 Å². The predicted molar refractivity (Wildman–Crippen MR) is 46.5 cm³/mol. The Morgan fingerprint density at radius 1 is 1.33 bits per heavy atom. The molecule has 0 fully saturated rings. The van der Waals surface area contributed by atoms with Crippen LogP contribution in [-0.4, -0.2) is 12.3 Å². The van der Waals surface area contributed by atoms with Crippen LogP contribution in [0.25, 0.3) is 0 Å². The lowest BCUT2D eigenvalue weighted by Crippen LogP contribution is -2.36. The summed E-state index contributed by atoms with van der Waals surface area (Å²) in [4.78, 5) is 10.4. The van der Waals surface area contributed by atoms with Gasteiger partial charge in [-0.1, -0.05) is 24.3 Å². The first kappa shape index (κ1) is 7.50. The summed E-state index contributed by atoms with van der Waals surface area (Å²) >= 11 is 0. The van der Waals surface area contributed by atoms with Gasteiger partial charge in [0.2, 0.25) is 6.29 Å². The molecule has 0 amide bonds. The number of rotatable bonds is 1. The van der Waals surface area contributed by atoms with Crippen molar-refractivity contribution >= 4 is 6.29 Å². The van der Waals surface area contributed by atoms with Crippen LogP contribution in [0.2, 0.25) is 0 Å². The van der Waals surface area contributed by atoms with E-state index in [1.807, 2.05) is 18.4 Å². The molecule has 12 heavy (non-hydrogen) atoms. The van der Waals surface area contributed by atoms with E-state index in [1.165, 1.54) is 11.1 Å². The molecule has 0 aliphatic carbocycles. The van der Waals surface area contributed by atoms with Gasteiger partial charge in [0.05, 0.1) is 6.04 Å². The zero-order valence-electron chi connectivity index (χ0n) is 6.71. The fraction of sp³-hybridized carbons (Fsp3) is 0.300. The number of fused-ring (bicyclic) bond motifs is 1. The number of carbonyl (C=O) groups excluding carboxylic acids is 1. The topological polar surface area (TPSA) is 29.1 Å². The van der Waals surface area contributed by atoms with Crippen molar-refractivity contribution in [3.05, 3.63) is 35.4 Å². The van der Waals surface area contributed by atoms with E-state index in [-0.39, 0.29) is 6.04 Å². The van der Waals surface area contributed by atoms with E-state index in [0.717, 1.165) is 13.0 Å². The molecule has 1 N–H and O–H groups in total. The third kappa shape index (κ3) is 1.25. The lowest BCUT2D eigenvalue weighted by Gasteiger charge is -2.20. The van der Waals surface area contributed by atoms with Gasteiger partial charge in [-0.05, 0) is 17.5 Å². The van der Waals surface area contributed by atoms with Crippen molar-refractivity contribution in [2.75, 3.05) is 0 Å². The van der Waals surface area contributed by atoms with Crippen molar-refractivity contribution in [3.63, 3.8) is 0 Å². The molecule has 0 unspecified atom stereocenters. The third-order valence-corrected chi connectivity index (χ3v) is 2.22. The molecule has 61 valence electrons. The monoisotopic (exact) mass is 160 g/mol. The van der Waals surface area contributed by atoms with Gasteiger partial charge in [0.1, 0.15) is 0 Å². The van der Waals surface area contributed by atoms with Gasteiger partial charge >= 0.3 is 0 Å². The Hall–Kier alpha value is -1.15. The first-order valence-corrected chi connectivity index (χ1v) is 4.08. The standard InChI is InChI=1S/C10H10NO/c12-7-10-5-8-3-1-2-4-9(8)6-11-10/h1-4,10-11H,5-6H2/t10-/m1/s1. The van der Waals surface area contributed by atoms with Crippen LogP contribution < -0.4 is 5.32 Å². The van der Waals surface area contributed by atoms with E-state index < -0.39 is 0 Å². The lowest BCUT2D eigenvalue weighted by atomic mass is 9.97. The summed E-state index contributed by atoms with van der Waals surface area (Å²) in [6.07, 6.45) is 2.76. The van der Waals surface area contributed by atoms with Gasteiger partial charge in [0.15, 0.2) is 0 Å². The van der Waals surface area contributed by atoms with E-state index in [9.17, 15) is 4.79 Å². The van der Waals surface area contributed by atoms with Gasteiger partial charge in [0, 0.05) is 6.54 Å². The minimum atomic E-state index is -0.111. The SMILES string of the molecule is O=[C][C@H]1Cc2ccccc2CN1. The van der Waals surface area contributed by atoms with Crippen molar-refractivity contribution < 1.29 is 4.79 Å². The first-order chi connectivity index (χ1) is 5.90. The molecule has 2 rings (SSSR count). The van der Waals surface area contributed by atoms with E-state index >= 15 is 0 Å². The number of hydrogen-bond acceptors (Lipinski definition) is 2. The minimum absolute atomic E-state index is 0.111. The van der Waals surface area contributed by atoms with E-state index in [1.54, 1.807) is 0 Å². The van der Waals surface area contributed by atoms with Crippen LogP contribution in [-0.2, 0) is 17.8 Å². The largest absolute Gasteiger partial charge is 0.303 e. The van der Waals surface area contributed by atoms with Crippen LogP contribution in [0.1, 0.15) is 11.1 Å². The molecule has 1 aromatic rings. The Balaban J connectivity index is 2.28. The van der Waals surface area contributed by atoms with E-state index in [4.69, 9.17) is 0 Å². The molecule has 1 radical (unpaired) electrons. The normalized spacial score (nSPS) is 21.5. The maximum atomic E-state index is 10.4. The van der Waals surface area contributed by atoms with Crippen molar-refractivity contribution in [2.45, 2.75) is 19.0 Å². The quantitative estimate of drug-likeness (QED) is 0.658. The van der Waals surface area contributed by atoms with Gasteiger partial charge in [-0.15, -0.1) is 0 Å². The summed E-state index contributed by atoms with van der Waals surface area (Å²) in [5.41, 5.74) is 2.56. The molecule has 2 heteroatoms. The second kappa shape index (κ2) is 3.07. The van der Waals surface area contributed by atoms with Crippen molar-refractivity contribution in [2.24, 2.45) is 0 Å². The maximum Gasteiger partial charge on any atom is 0.217 e. The fourth-order valence-corrected chi connectivity index (χ4v) is 1.54. The summed E-state index contributed by atoms with van der Waals surface area (Å²) < 4.78 is 0. The number of nitrogens with one attached hydrogen (secondary N) is 1. The fourth-order valence-electron chi connectivity index (χ4n) is 1.54. The Morgan fingerprint density at radius 3 is 2.83 bits per heavy atom. The second-order valence-electron chi connectivity index (χ2n) is 3.02. The lowest BCUT2D eigenvalue weighted by molar-refractivity contribution is 0.500. The van der Waals surface area contributed by atoms with Crippen LogP contribution in [0, 0.1) is 0 Å². The summed E-state index contributed by atoms with van der Waals surface area (Å²) in [6, 6.07) is 8.07. The molecule has 1 aliphatic heterocycles. The predicted octanol–water partition coefficient (Wildman–Crippen LogP) is 0.811. The molecule has 1 aliphatic rings. The average Bonchev–Trinajstić information content (AvgIpc) is 2.17. The average molecular weight is 160 g/mol. The van der Waals surface area contributed by atoms with Crippen LogP contribution >= 0.6 is 0 Å². The van der Waals surface area contributed by atoms with Crippen molar-refractivity contribution in [1.29, 1.82) is 0 Å². The smallest absolute Gasteiger partial charge is 0.217 e. The highest BCUT2D eigenvalue weighted by Crippen LogP contribution is 2.14. The van der Waals surface area contributed by atoms with Gasteiger partial charge in [-0.3, -0.25) is 4.79 Å². The molecule has 1 heterocycles. The molecule has 2 nitrogen and oxygen atoms in total. The molecule has 0 aromatic heterocycles. The van der Waals surface area contributed by atoms with Crippen molar-refractivity contribution in [1.82, 2.24) is 5.32 Å². The van der Waals surface area contributed by atoms with Crippen LogP contribution in [0.5, 0.6) is 0 Å². The highest BCUT2D eigenvalue weighted by atomic mass is 16.1. The Labute approximate surface area is 71.6 Å². The number of benzene rings is 1. The Morgan fingerprint density at radius 2 is 2.08 bits per heavy atom. The maximum absolute atomic E-state index is 10.4. The molecule has 0 saturated carbocycles. The van der Waals surface area contributed by atoms with E-state index in [2.05, 4.69) is 17.4 Å². The van der Waals surface area contributed by atoms with Crippen molar-refractivity contribution in [3.8, 4) is 0 Å². The van der Waals surface area contributed by atoms with E-state index in [0.29, 0.717) is 0 Å². The Kier molecular flexibility index (Phi) is 1.92. The van der Waals surface area contributed by atoms with Crippen LogP contribution in [0.3, 0.4) is 0 Å². The minimum Gasteiger partial charge on any atom is -0.303 e. The highest BCUT2D eigenvalue weighted by Gasteiger charge is 2.16. The third-order valence-electron chi connectivity index (χ3n) is 2.22. The van der Waals surface area contributed by atoms with Crippen LogP contribution in [0.4, 0.5) is 0 Å². The summed E-state index contributed by atoms with van der Waals surface area (Å²) in [5, 5.41) is 3.10. The molecule has 0 saturated heterocycles. The molecule has 0 bridgehead atoms. The van der Waals surface area contributed by atoms with Gasteiger partial charge < -0.3 is 5.32 Å². The van der Waals surface area contributed by atoms with Gasteiger partial charge in [-0.25, -0.2) is 0 Å². The Bertz CT molecular complexity index is 296. The number of hydrogen-bond donors (Lipinski definition) is 1. The molecular weight excluding hydrogens is 150 g/mol. The summed E-state index contributed by atoms with van der Waals surface area (Å²) in [6.45, 7) is 0.788. The second-order valence-corrected chi connectivity index (χ2v) is 3.02. The molecule has 1 atom stereocenters. The van der Waals surface area contributed by atoms with Gasteiger partial charge in [-0.2, -0.15) is 0 Å². The molecular formula is C10H10NO. The molecule has 0 spiro atoms. The highest BCUT2D eigenvalue weighted by molar-refractivity contribution is 5.60. The summed E-state index contributed by atoms with van der Waals surface area (Å²) in [5.74, 6) is 0. The van der Waals surface area contributed by atoms with Gasteiger partial charge in [0.25, 0.3) is 0 Å². The zero-order valence-corrected chi connectivity index (χ0v) is 6.71.